The molecule has 0 radical (unpaired) electrons. The van der Waals surface area contributed by atoms with Gasteiger partial charge >= 0.3 is 0 Å². The Bertz CT molecular complexity index is 1100. The van der Waals surface area contributed by atoms with Gasteiger partial charge in [-0.2, -0.15) is 0 Å². The highest BCUT2D eigenvalue weighted by molar-refractivity contribution is 9.10. The second kappa shape index (κ2) is 11.9. The van der Waals surface area contributed by atoms with E-state index in [9.17, 15) is 4.79 Å². The van der Waals surface area contributed by atoms with E-state index in [2.05, 4.69) is 57.9 Å². The Labute approximate surface area is 206 Å². The lowest BCUT2D eigenvalue weighted by atomic mass is 10.0. The van der Waals surface area contributed by atoms with E-state index in [0.29, 0.717) is 29.1 Å². The number of amides is 1. The van der Waals surface area contributed by atoms with Crippen molar-refractivity contribution in [1.29, 1.82) is 0 Å². The summed E-state index contributed by atoms with van der Waals surface area (Å²) in [4.78, 5) is 12.4. The molecular formula is C24H27BrN4O3S. The predicted octanol–water partition coefficient (Wildman–Crippen LogP) is 5.67. The Balaban J connectivity index is 1.64. The first-order valence-electron chi connectivity index (χ1n) is 10.4. The zero-order valence-electron chi connectivity index (χ0n) is 18.9. The minimum atomic E-state index is -0.132. The molecule has 0 saturated heterocycles. The van der Waals surface area contributed by atoms with Crippen LogP contribution in [0.4, 0.5) is 5.69 Å². The quantitative estimate of drug-likeness (QED) is 0.254. The number of carbonyl (C=O) groups is 1. The number of thioether (sulfide) groups is 1. The minimum Gasteiger partial charge on any atom is -0.497 e. The molecule has 1 N–H and O–H groups in total. The number of hydrogen-bond donors (Lipinski definition) is 1. The molecule has 174 valence electrons. The van der Waals surface area contributed by atoms with Crippen molar-refractivity contribution >= 4 is 39.3 Å². The largest absolute Gasteiger partial charge is 0.497 e. The van der Waals surface area contributed by atoms with Crippen LogP contribution < -0.4 is 14.8 Å². The van der Waals surface area contributed by atoms with Gasteiger partial charge in [0, 0.05) is 16.7 Å². The lowest BCUT2D eigenvalue weighted by Gasteiger charge is -2.15. The molecule has 0 aliphatic heterocycles. The van der Waals surface area contributed by atoms with E-state index < -0.39 is 0 Å². The zero-order chi connectivity index (χ0) is 23.8. The molecule has 0 aliphatic rings. The summed E-state index contributed by atoms with van der Waals surface area (Å²) in [6, 6.07) is 13.2. The molecule has 0 atom stereocenters. The summed E-state index contributed by atoms with van der Waals surface area (Å²) in [6.07, 6.45) is 1.77. The summed E-state index contributed by atoms with van der Waals surface area (Å²) < 4.78 is 14.1. The molecule has 0 saturated carbocycles. The third-order valence-electron chi connectivity index (χ3n) is 4.76. The maximum Gasteiger partial charge on any atom is 0.234 e. The minimum absolute atomic E-state index is 0.132. The number of rotatable bonds is 11. The van der Waals surface area contributed by atoms with Crippen molar-refractivity contribution < 1.29 is 14.3 Å². The molecular weight excluding hydrogens is 504 g/mol. The van der Waals surface area contributed by atoms with Crippen molar-refractivity contribution in [2.24, 2.45) is 0 Å². The summed E-state index contributed by atoms with van der Waals surface area (Å²) in [5.41, 5.74) is 1.82. The Morgan fingerprint density at radius 2 is 2.00 bits per heavy atom. The van der Waals surface area contributed by atoms with Gasteiger partial charge in [-0.15, -0.1) is 16.8 Å². The van der Waals surface area contributed by atoms with Crippen LogP contribution in [0.25, 0.3) is 0 Å². The maximum atomic E-state index is 12.4. The summed E-state index contributed by atoms with van der Waals surface area (Å²) in [5.74, 6) is 2.61. The summed E-state index contributed by atoms with van der Waals surface area (Å²) in [6.45, 7) is 8.86. The molecule has 7 nitrogen and oxygen atoms in total. The van der Waals surface area contributed by atoms with Gasteiger partial charge in [-0.05, 0) is 53.9 Å². The molecule has 33 heavy (non-hydrogen) atoms. The average Bonchev–Trinajstić information content (AvgIpc) is 3.19. The van der Waals surface area contributed by atoms with Gasteiger partial charge in [0.15, 0.2) is 11.0 Å². The topological polar surface area (TPSA) is 78.3 Å². The van der Waals surface area contributed by atoms with E-state index >= 15 is 0 Å². The molecule has 0 spiro atoms. The van der Waals surface area contributed by atoms with E-state index in [1.54, 1.807) is 37.5 Å². The number of allylic oxidation sites excluding steroid dienone is 1. The van der Waals surface area contributed by atoms with Gasteiger partial charge in [0.25, 0.3) is 0 Å². The van der Waals surface area contributed by atoms with Gasteiger partial charge in [0.05, 0.1) is 12.9 Å². The van der Waals surface area contributed by atoms with E-state index in [-0.39, 0.29) is 18.3 Å². The number of nitrogens with one attached hydrogen (secondary N) is 1. The van der Waals surface area contributed by atoms with E-state index in [4.69, 9.17) is 9.47 Å². The number of halogens is 1. The summed E-state index contributed by atoms with van der Waals surface area (Å²) >= 11 is 4.84. The fourth-order valence-corrected chi connectivity index (χ4v) is 4.24. The highest BCUT2D eigenvalue weighted by Crippen LogP contribution is 2.30. The van der Waals surface area contributed by atoms with Gasteiger partial charge in [-0.25, -0.2) is 0 Å². The normalized spacial score (nSPS) is 10.8. The van der Waals surface area contributed by atoms with Crippen molar-refractivity contribution in [2.45, 2.75) is 38.1 Å². The van der Waals surface area contributed by atoms with Crippen molar-refractivity contribution in [2.75, 3.05) is 18.2 Å². The molecule has 3 rings (SSSR count). The van der Waals surface area contributed by atoms with Gasteiger partial charge in [0.1, 0.15) is 18.1 Å². The second-order valence-corrected chi connectivity index (χ2v) is 9.35. The summed E-state index contributed by atoms with van der Waals surface area (Å²) in [5, 5.41) is 12.1. The van der Waals surface area contributed by atoms with Crippen LogP contribution in [-0.2, 0) is 17.9 Å². The van der Waals surface area contributed by atoms with E-state index in [1.807, 2.05) is 16.7 Å². The van der Waals surface area contributed by atoms with Crippen molar-refractivity contribution in [1.82, 2.24) is 14.8 Å². The fourth-order valence-electron chi connectivity index (χ4n) is 3.09. The van der Waals surface area contributed by atoms with Crippen LogP contribution >= 0.6 is 27.7 Å². The lowest BCUT2D eigenvalue weighted by molar-refractivity contribution is -0.113. The Morgan fingerprint density at radius 3 is 2.67 bits per heavy atom. The zero-order valence-corrected chi connectivity index (χ0v) is 21.3. The molecule has 0 unspecified atom stereocenters. The van der Waals surface area contributed by atoms with Crippen molar-refractivity contribution in [3.05, 3.63) is 71.0 Å². The van der Waals surface area contributed by atoms with Gasteiger partial charge < -0.3 is 14.8 Å². The molecule has 3 aromatic rings. The monoisotopic (exact) mass is 530 g/mol. The smallest absolute Gasteiger partial charge is 0.234 e. The molecule has 0 fully saturated rings. The summed E-state index contributed by atoms with van der Waals surface area (Å²) in [7, 11) is 1.60. The van der Waals surface area contributed by atoms with Crippen molar-refractivity contribution in [3.8, 4) is 11.5 Å². The number of aromatic nitrogens is 3. The second-order valence-electron chi connectivity index (χ2n) is 7.49. The number of ether oxygens (including phenoxy) is 2. The van der Waals surface area contributed by atoms with Crippen LogP contribution in [0.2, 0.25) is 0 Å². The number of anilines is 1. The number of carbonyl (C=O) groups excluding carboxylic acids is 1. The third-order valence-corrected chi connectivity index (χ3v) is 6.22. The molecule has 2 aromatic carbocycles. The third kappa shape index (κ3) is 6.85. The van der Waals surface area contributed by atoms with Crippen LogP contribution in [0.5, 0.6) is 11.5 Å². The number of nitrogens with zero attached hydrogens (tertiary/aromatic N) is 3. The fraction of sp³-hybridized carbons (Fsp3) is 0.292. The maximum absolute atomic E-state index is 12.4. The van der Waals surface area contributed by atoms with Crippen LogP contribution in [-0.4, -0.2) is 33.5 Å². The van der Waals surface area contributed by atoms with Crippen LogP contribution in [0.3, 0.4) is 0 Å². The highest BCUT2D eigenvalue weighted by Gasteiger charge is 2.16. The average molecular weight is 531 g/mol. The number of methoxy groups -OCH3 is 1. The van der Waals surface area contributed by atoms with Crippen LogP contribution in [0, 0.1) is 0 Å². The van der Waals surface area contributed by atoms with Gasteiger partial charge in [-0.1, -0.05) is 47.6 Å². The molecule has 1 heterocycles. The van der Waals surface area contributed by atoms with E-state index in [0.717, 1.165) is 21.5 Å². The number of benzene rings is 2. The van der Waals surface area contributed by atoms with Gasteiger partial charge in [-0.3, -0.25) is 9.36 Å². The Hall–Kier alpha value is -2.78. The molecule has 0 bridgehead atoms. The molecule has 1 aromatic heterocycles. The first kappa shape index (κ1) is 24.9. The Morgan fingerprint density at radius 1 is 1.24 bits per heavy atom. The SMILES string of the molecule is C=CCn1c(COc2ccc(Br)cc2C(C)C)nnc1SCC(=O)Nc1ccc(OC)cc1. The highest BCUT2D eigenvalue weighted by atomic mass is 79.9. The Kier molecular flexibility index (Phi) is 8.96. The predicted molar refractivity (Wildman–Crippen MR) is 135 cm³/mol. The van der Waals surface area contributed by atoms with E-state index in [1.165, 1.54) is 11.8 Å². The first-order chi connectivity index (χ1) is 15.9. The first-order valence-corrected chi connectivity index (χ1v) is 12.2. The molecule has 9 heteroatoms. The molecule has 0 aliphatic carbocycles. The standard InChI is InChI=1S/C24H27BrN4O3S/c1-5-12-29-22(14-32-21-11-6-17(25)13-20(21)16(2)3)27-28-24(29)33-15-23(30)26-18-7-9-19(31-4)10-8-18/h5-11,13,16H,1,12,14-15H2,2-4H3,(H,26,30). The number of hydrogen-bond acceptors (Lipinski definition) is 6. The van der Waals surface area contributed by atoms with Crippen LogP contribution in [0.1, 0.15) is 31.2 Å². The molecule has 1 amide bonds. The lowest BCUT2D eigenvalue weighted by Crippen LogP contribution is -2.15. The van der Waals surface area contributed by atoms with Crippen molar-refractivity contribution in [3.63, 3.8) is 0 Å². The van der Waals surface area contributed by atoms with Gasteiger partial charge in [0.2, 0.25) is 5.91 Å². The van der Waals surface area contributed by atoms with Crippen LogP contribution in [0.15, 0.2) is 64.7 Å².